The molecule has 0 radical (unpaired) electrons. The molecule has 2 atom stereocenters. The highest BCUT2D eigenvalue weighted by atomic mass is 19.1. The van der Waals surface area contributed by atoms with Crippen LogP contribution in [0.5, 0.6) is 0 Å². The zero-order valence-corrected chi connectivity index (χ0v) is 23.9. The third-order valence-corrected chi connectivity index (χ3v) is 7.39. The summed E-state index contributed by atoms with van der Waals surface area (Å²) in [4.78, 5) is 40.1. The minimum absolute atomic E-state index is 0.0663. The predicted octanol–water partition coefficient (Wildman–Crippen LogP) is 5.47. The van der Waals surface area contributed by atoms with E-state index in [1.54, 1.807) is 44.4 Å². The molecule has 8 nitrogen and oxygen atoms in total. The fourth-order valence-corrected chi connectivity index (χ4v) is 5.13. The minimum Gasteiger partial charge on any atom is -0.451 e. The normalized spacial score (nSPS) is 15.0. The van der Waals surface area contributed by atoms with Crippen LogP contribution in [0.25, 0.3) is 11.3 Å². The van der Waals surface area contributed by atoms with Crippen LogP contribution in [0.15, 0.2) is 65.1 Å². The molecule has 1 aromatic heterocycles. The molecule has 3 aromatic rings. The van der Waals surface area contributed by atoms with Gasteiger partial charge in [-0.25, -0.2) is 4.39 Å². The number of rotatable bonds is 11. The maximum Gasteiger partial charge on any atom is 0.287 e. The number of nitrogens with zero attached hydrogens (tertiary/aromatic N) is 1. The zero-order valence-electron chi connectivity index (χ0n) is 23.9. The van der Waals surface area contributed by atoms with Gasteiger partial charge in [0.15, 0.2) is 5.76 Å². The number of halogens is 1. The molecule has 1 aliphatic rings. The minimum atomic E-state index is -0.716. The van der Waals surface area contributed by atoms with Gasteiger partial charge in [0.2, 0.25) is 5.91 Å². The van der Waals surface area contributed by atoms with E-state index in [0.717, 1.165) is 31.4 Å². The van der Waals surface area contributed by atoms with Crippen LogP contribution in [0.4, 0.5) is 10.1 Å². The lowest BCUT2D eigenvalue weighted by molar-refractivity contribution is -0.124. The monoisotopic (exact) mass is 562 g/mol. The van der Waals surface area contributed by atoms with Crippen molar-refractivity contribution in [2.24, 2.45) is 5.92 Å². The largest absolute Gasteiger partial charge is 0.451 e. The highest BCUT2D eigenvalue weighted by Crippen LogP contribution is 2.28. The van der Waals surface area contributed by atoms with Crippen LogP contribution in [0, 0.1) is 11.7 Å². The molecule has 4 rings (SSSR count). The molecular weight excluding hydrogens is 523 g/mol. The molecule has 1 saturated carbocycles. The summed E-state index contributed by atoms with van der Waals surface area (Å²) in [5.41, 5.74) is 1.96. The Morgan fingerprint density at radius 2 is 1.71 bits per heavy atom. The second kappa shape index (κ2) is 14.0. The molecule has 1 heterocycles. The van der Waals surface area contributed by atoms with Gasteiger partial charge in [-0.05, 0) is 67.8 Å². The molecule has 218 valence electrons. The van der Waals surface area contributed by atoms with Crippen molar-refractivity contribution >= 4 is 23.4 Å². The van der Waals surface area contributed by atoms with E-state index in [-0.39, 0.29) is 23.6 Å². The van der Waals surface area contributed by atoms with Crippen molar-refractivity contribution in [3.8, 4) is 11.3 Å². The SMILES string of the molecule is C[C@@H](CNc1ccc(C(=O)N(C)C)cc1)NC(=O)[C@H](CC1CCCCC1)NC(=O)c1ccc(-c2cccc(F)c2)o1. The number of anilines is 1. The number of hydrogen-bond acceptors (Lipinski definition) is 5. The Labute approximate surface area is 240 Å². The zero-order chi connectivity index (χ0) is 29.4. The van der Waals surface area contributed by atoms with Crippen LogP contribution in [0.3, 0.4) is 0 Å². The van der Waals surface area contributed by atoms with Gasteiger partial charge in [-0.3, -0.25) is 14.4 Å². The summed E-state index contributed by atoms with van der Waals surface area (Å²) in [7, 11) is 3.42. The Hall–Kier alpha value is -4.14. The summed E-state index contributed by atoms with van der Waals surface area (Å²) in [6.45, 7) is 2.36. The first-order valence-corrected chi connectivity index (χ1v) is 14.2. The van der Waals surface area contributed by atoms with Gasteiger partial charge in [0.25, 0.3) is 11.8 Å². The van der Waals surface area contributed by atoms with E-state index in [9.17, 15) is 18.8 Å². The lowest BCUT2D eigenvalue weighted by Crippen LogP contribution is -2.51. The highest BCUT2D eigenvalue weighted by Gasteiger charge is 2.28. The smallest absolute Gasteiger partial charge is 0.287 e. The van der Waals surface area contributed by atoms with Crippen LogP contribution < -0.4 is 16.0 Å². The van der Waals surface area contributed by atoms with Crippen molar-refractivity contribution in [2.75, 3.05) is 26.0 Å². The first-order chi connectivity index (χ1) is 19.7. The molecule has 0 aliphatic heterocycles. The fourth-order valence-electron chi connectivity index (χ4n) is 5.13. The van der Waals surface area contributed by atoms with Crippen LogP contribution in [0.2, 0.25) is 0 Å². The maximum absolute atomic E-state index is 13.6. The Balaban J connectivity index is 1.37. The molecule has 2 aromatic carbocycles. The lowest BCUT2D eigenvalue weighted by Gasteiger charge is -2.27. The molecule has 0 saturated heterocycles. The van der Waals surface area contributed by atoms with E-state index >= 15 is 0 Å². The Kier molecular flexibility index (Phi) is 10.2. The van der Waals surface area contributed by atoms with Crippen molar-refractivity contribution in [3.63, 3.8) is 0 Å². The number of nitrogens with one attached hydrogen (secondary N) is 3. The van der Waals surface area contributed by atoms with E-state index in [4.69, 9.17) is 4.42 Å². The van der Waals surface area contributed by atoms with Crippen LogP contribution >= 0.6 is 0 Å². The van der Waals surface area contributed by atoms with Crippen LogP contribution in [0.1, 0.15) is 66.4 Å². The summed E-state index contributed by atoms with van der Waals surface area (Å²) >= 11 is 0. The molecule has 41 heavy (non-hydrogen) atoms. The lowest BCUT2D eigenvalue weighted by atomic mass is 9.84. The second-order valence-corrected chi connectivity index (χ2v) is 11.0. The van der Waals surface area contributed by atoms with Crippen molar-refractivity contribution in [1.82, 2.24) is 15.5 Å². The summed E-state index contributed by atoms with van der Waals surface area (Å²) in [5.74, 6) is -0.393. The fraction of sp³-hybridized carbons (Fsp3) is 0.406. The topological polar surface area (TPSA) is 104 Å². The van der Waals surface area contributed by atoms with Gasteiger partial charge >= 0.3 is 0 Å². The standard InChI is InChI=1S/C32H39FN4O4/c1-21(20-34-26-14-12-23(13-15-26)32(40)37(2)3)35-30(38)27(18-22-8-5-4-6-9-22)36-31(39)29-17-16-28(41-29)24-10-7-11-25(33)19-24/h7,10-17,19,21-22,27,34H,4-6,8-9,18,20H2,1-3H3,(H,35,38)(H,36,39)/t21-,27-/m0/s1. The Bertz CT molecular complexity index is 1330. The Morgan fingerprint density at radius 1 is 0.976 bits per heavy atom. The van der Waals surface area contributed by atoms with Crippen LogP contribution in [-0.4, -0.2) is 55.3 Å². The molecule has 1 fully saturated rings. The van der Waals surface area contributed by atoms with E-state index in [0.29, 0.717) is 35.8 Å². The van der Waals surface area contributed by atoms with Crippen LogP contribution in [-0.2, 0) is 4.79 Å². The van der Waals surface area contributed by atoms with Crippen molar-refractivity contribution < 1.29 is 23.2 Å². The third kappa shape index (κ3) is 8.42. The third-order valence-electron chi connectivity index (χ3n) is 7.39. The quantitative estimate of drug-likeness (QED) is 0.287. The summed E-state index contributed by atoms with van der Waals surface area (Å²) in [5, 5.41) is 9.20. The van der Waals surface area contributed by atoms with Crippen molar-refractivity contribution in [1.29, 1.82) is 0 Å². The molecule has 3 amide bonds. The predicted molar refractivity (Wildman–Crippen MR) is 157 cm³/mol. The first kappa shape index (κ1) is 29.8. The van der Waals surface area contributed by atoms with E-state index in [2.05, 4.69) is 16.0 Å². The van der Waals surface area contributed by atoms with E-state index in [1.807, 2.05) is 19.1 Å². The van der Waals surface area contributed by atoms with Gasteiger partial charge in [0.1, 0.15) is 17.6 Å². The van der Waals surface area contributed by atoms with E-state index in [1.165, 1.54) is 29.5 Å². The van der Waals surface area contributed by atoms with Gasteiger partial charge in [-0.2, -0.15) is 0 Å². The molecule has 0 spiro atoms. The number of carbonyl (C=O) groups excluding carboxylic acids is 3. The van der Waals surface area contributed by atoms with E-state index < -0.39 is 17.8 Å². The van der Waals surface area contributed by atoms with Gasteiger partial charge in [0, 0.05) is 43.5 Å². The molecule has 0 bridgehead atoms. The van der Waals surface area contributed by atoms with Crippen molar-refractivity contribution in [2.45, 2.75) is 57.5 Å². The van der Waals surface area contributed by atoms with Gasteiger partial charge in [-0.1, -0.05) is 44.2 Å². The average molecular weight is 563 g/mol. The average Bonchev–Trinajstić information content (AvgIpc) is 3.47. The molecule has 3 N–H and O–H groups in total. The Morgan fingerprint density at radius 3 is 2.39 bits per heavy atom. The first-order valence-electron chi connectivity index (χ1n) is 14.2. The summed E-state index contributed by atoms with van der Waals surface area (Å²) < 4.78 is 19.4. The number of benzene rings is 2. The van der Waals surface area contributed by atoms with Gasteiger partial charge in [0.05, 0.1) is 0 Å². The van der Waals surface area contributed by atoms with Gasteiger partial charge in [-0.15, -0.1) is 0 Å². The highest BCUT2D eigenvalue weighted by molar-refractivity contribution is 5.96. The second-order valence-electron chi connectivity index (χ2n) is 11.0. The molecule has 0 unspecified atom stereocenters. The molecule has 1 aliphatic carbocycles. The summed E-state index contributed by atoms with van der Waals surface area (Å²) in [6.07, 6.45) is 6.07. The maximum atomic E-state index is 13.6. The van der Waals surface area contributed by atoms with Crippen molar-refractivity contribution in [3.05, 3.63) is 77.8 Å². The summed E-state index contributed by atoms with van der Waals surface area (Å²) in [6, 6.07) is 15.4. The molecule has 9 heteroatoms. The number of carbonyl (C=O) groups is 3. The van der Waals surface area contributed by atoms with Gasteiger partial charge < -0.3 is 25.3 Å². The number of furan rings is 1. The molecular formula is C32H39FN4O4. The number of hydrogen-bond donors (Lipinski definition) is 3. The number of amides is 3.